The molecule has 4 heteroatoms. The van der Waals surface area contributed by atoms with Crippen molar-refractivity contribution in [1.82, 2.24) is 4.90 Å². The number of hydrogen-bond donors (Lipinski definition) is 1. The molecule has 1 fully saturated rings. The van der Waals surface area contributed by atoms with Crippen LogP contribution < -0.4 is 0 Å². The van der Waals surface area contributed by atoms with Crippen molar-refractivity contribution in [1.29, 1.82) is 0 Å². The van der Waals surface area contributed by atoms with Gasteiger partial charge in [-0.2, -0.15) is 0 Å². The summed E-state index contributed by atoms with van der Waals surface area (Å²) in [7, 11) is 0. The van der Waals surface area contributed by atoms with E-state index in [1.54, 1.807) is 0 Å². The third kappa shape index (κ3) is 3.65. The quantitative estimate of drug-likeness (QED) is 0.894. The molecular weight excluding hydrogens is 306 g/mol. The predicted octanol–water partition coefficient (Wildman–Crippen LogP) is 4.20. The van der Waals surface area contributed by atoms with Crippen LogP contribution in [0.2, 0.25) is 0 Å². The Hall–Kier alpha value is -1.65. The first-order valence-corrected chi connectivity index (χ1v) is 9.11. The molecule has 0 saturated carbocycles. The van der Waals surface area contributed by atoms with Gasteiger partial charge in [-0.15, -0.1) is 11.3 Å². The normalized spacial score (nSPS) is 18.0. The number of piperidine rings is 1. The van der Waals surface area contributed by atoms with Crippen LogP contribution >= 0.6 is 11.3 Å². The Labute approximate surface area is 141 Å². The van der Waals surface area contributed by atoms with Gasteiger partial charge in [0.05, 0.1) is 12.0 Å². The number of likely N-dealkylation sites (tertiary alicyclic amines) is 1. The zero-order valence-electron chi connectivity index (χ0n) is 13.4. The van der Waals surface area contributed by atoms with E-state index in [0.29, 0.717) is 0 Å². The third-order valence-corrected chi connectivity index (χ3v) is 5.94. The molecular formula is C19H23NO2S. The number of carboxylic acids is 1. The molecule has 1 aliphatic heterocycles. The molecule has 23 heavy (non-hydrogen) atoms. The van der Waals surface area contributed by atoms with Crippen LogP contribution in [0.25, 0.3) is 0 Å². The summed E-state index contributed by atoms with van der Waals surface area (Å²) in [6.07, 6.45) is 2.54. The second kappa shape index (κ2) is 7.28. The van der Waals surface area contributed by atoms with Crippen LogP contribution in [0.5, 0.6) is 0 Å². The van der Waals surface area contributed by atoms with Gasteiger partial charge in [-0.25, -0.2) is 0 Å². The van der Waals surface area contributed by atoms with Gasteiger partial charge in [0.2, 0.25) is 0 Å². The number of benzene rings is 1. The number of nitrogens with zero attached hydrogens (tertiary/aromatic N) is 1. The topological polar surface area (TPSA) is 40.5 Å². The summed E-state index contributed by atoms with van der Waals surface area (Å²) in [5, 5.41) is 9.22. The predicted molar refractivity (Wildman–Crippen MR) is 93.9 cm³/mol. The Bertz CT molecular complexity index is 644. The molecule has 2 aromatic rings. The molecule has 0 bridgehead atoms. The van der Waals surface area contributed by atoms with Crippen molar-refractivity contribution < 1.29 is 9.90 Å². The molecule has 1 aromatic carbocycles. The maximum absolute atomic E-state index is 11.2. The SMILES string of the molecule is CCc1ccc(C(c2ccccc2)N2CCC(C(=O)O)CC2)s1. The molecule has 0 radical (unpaired) electrons. The summed E-state index contributed by atoms with van der Waals surface area (Å²) in [6.45, 7) is 3.87. The second-order valence-electron chi connectivity index (χ2n) is 6.12. The van der Waals surface area contributed by atoms with E-state index in [1.807, 2.05) is 17.4 Å². The van der Waals surface area contributed by atoms with Crippen LogP contribution in [0.1, 0.15) is 41.1 Å². The van der Waals surface area contributed by atoms with Crippen LogP contribution in [0.3, 0.4) is 0 Å². The lowest BCUT2D eigenvalue weighted by molar-refractivity contribution is -0.143. The highest BCUT2D eigenvalue weighted by molar-refractivity contribution is 7.12. The zero-order chi connectivity index (χ0) is 16.2. The minimum Gasteiger partial charge on any atom is -0.481 e. The Morgan fingerprint density at radius 2 is 1.91 bits per heavy atom. The first-order valence-electron chi connectivity index (χ1n) is 8.29. The Kier molecular flexibility index (Phi) is 5.13. The van der Waals surface area contributed by atoms with Crippen molar-refractivity contribution in [3.05, 3.63) is 57.8 Å². The number of carbonyl (C=O) groups is 1. The van der Waals surface area contributed by atoms with Crippen LogP contribution in [0.4, 0.5) is 0 Å². The largest absolute Gasteiger partial charge is 0.481 e. The van der Waals surface area contributed by atoms with Gasteiger partial charge in [0.1, 0.15) is 0 Å². The van der Waals surface area contributed by atoms with Gasteiger partial charge in [0.15, 0.2) is 0 Å². The van der Waals surface area contributed by atoms with Crippen molar-refractivity contribution in [2.24, 2.45) is 5.92 Å². The van der Waals surface area contributed by atoms with E-state index in [0.717, 1.165) is 32.4 Å². The molecule has 3 nitrogen and oxygen atoms in total. The highest BCUT2D eigenvalue weighted by Gasteiger charge is 2.30. The third-order valence-electron chi connectivity index (χ3n) is 4.66. The van der Waals surface area contributed by atoms with Crippen LogP contribution in [-0.4, -0.2) is 29.1 Å². The highest BCUT2D eigenvalue weighted by Crippen LogP contribution is 2.36. The number of aryl methyl sites for hydroxylation is 1. The molecule has 1 aromatic heterocycles. The highest BCUT2D eigenvalue weighted by atomic mass is 32.1. The first kappa shape index (κ1) is 16.2. The summed E-state index contributed by atoms with van der Waals surface area (Å²) < 4.78 is 0. The van der Waals surface area contributed by atoms with Crippen molar-refractivity contribution >= 4 is 17.3 Å². The standard InChI is InChI=1S/C19H23NO2S/c1-2-16-8-9-17(23-16)18(14-6-4-3-5-7-14)20-12-10-15(11-13-20)19(21)22/h3-9,15,18H,2,10-13H2,1H3,(H,21,22). The Morgan fingerprint density at radius 3 is 2.48 bits per heavy atom. The molecule has 1 saturated heterocycles. The molecule has 1 N–H and O–H groups in total. The molecule has 1 unspecified atom stereocenters. The summed E-state index contributed by atoms with van der Waals surface area (Å²) in [5.74, 6) is -0.831. The number of hydrogen-bond acceptors (Lipinski definition) is 3. The number of aliphatic carboxylic acids is 1. The average molecular weight is 329 g/mol. The van der Waals surface area contributed by atoms with E-state index in [-0.39, 0.29) is 12.0 Å². The lowest BCUT2D eigenvalue weighted by Crippen LogP contribution is -2.38. The van der Waals surface area contributed by atoms with Gasteiger partial charge in [0, 0.05) is 9.75 Å². The van der Waals surface area contributed by atoms with Crippen molar-refractivity contribution in [2.45, 2.75) is 32.2 Å². The van der Waals surface area contributed by atoms with E-state index >= 15 is 0 Å². The van der Waals surface area contributed by atoms with Crippen LogP contribution in [0.15, 0.2) is 42.5 Å². The minimum absolute atomic E-state index is 0.183. The monoisotopic (exact) mass is 329 g/mol. The fourth-order valence-corrected chi connectivity index (χ4v) is 4.44. The maximum atomic E-state index is 11.2. The number of thiophene rings is 1. The number of carboxylic acid groups (broad SMARTS) is 1. The number of rotatable bonds is 5. The Morgan fingerprint density at radius 1 is 1.22 bits per heavy atom. The molecule has 3 rings (SSSR count). The van der Waals surface area contributed by atoms with Crippen molar-refractivity contribution in [3.63, 3.8) is 0 Å². The summed E-state index contributed by atoms with van der Waals surface area (Å²) >= 11 is 1.88. The van der Waals surface area contributed by atoms with Gasteiger partial charge >= 0.3 is 5.97 Å². The van der Waals surface area contributed by atoms with Gasteiger partial charge in [0.25, 0.3) is 0 Å². The molecule has 0 amide bonds. The average Bonchev–Trinajstić information content (AvgIpc) is 3.05. The van der Waals surface area contributed by atoms with Crippen LogP contribution in [0, 0.1) is 5.92 Å². The van der Waals surface area contributed by atoms with E-state index in [9.17, 15) is 9.90 Å². The zero-order valence-corrected chi connectivity index (χ0v) is 14.3. The molecule has 0 aliphatic carbocycles. The van der Waals surface area contributed by atoms with Gasteiger partial charge in [-0.1, -0.05) is 37.3 Å². The molecule has 1 aliphatic rings. The van der Waals surface area contributed by atoms with Crippen molar-refractivity contribution in [2.75, 3.05) is 13.1 Å². The van der Waals surface area contributed by atoms with Gasteiger partial charge in [-0.3, -0.25) is 9.69 Å². The molecule has 122 valence electrons. The van der Waals surface area contributed by atoms with Crippen molar-refractivity contribution in [3.8, 4) is 0 Å². The molecule has 2 heterocycles. The second-order valence-corrected chi connectivity index (χ2v) is 7.32. The first-order chi connectivity index (χ1) is 11.2. The van der Waals surface area contributed by atoms with E-state index in [1.165, 1.54) is 15.3 Å². The molecule has 1 atom stereocenters. The van der Waals surface area contributed by atoms with E-state index in [4.69, 9.17) is 0 Å². The fourth-order valence-electron chi connectivity index (χ4n) is 3.33. The smallest absolute Gasteiger partial charge is 0.306 e. The van der Waals surface area contributed by atoms with Gasteiger partial charge < -0.3 is 5.11 Å². The van der Waals surface area contributed by atoms with E-state index < -0.39 is 5.97 Å². The minimum atomic E-state index is -0.648. The fraction of sp³-hybridized carbons (Fsp3) is 0.421. The summed E-state index contributed by atoms with van der Waals surface area (Å²) in [5.41, 5.74) is 1.30. The molecule has 0 spiro atoms. The lowest BCUT2D eigenvalue weighted by Gasteiger charge is -2.36. The summed E-state index contributed by atoms with van der Waals surface area (Å²) in [4.78, 5) is 16.4. The van der Waals surface area contributed by atoms with Crippen LogP contribution in [-0.2, 0) is 11.2 Å². The van der Waals surface area contributed by atoms with E-state index in [2.05, 4.69) is 48.2 Å². The van der Waals surface area contributed by atoms with Gasteiger partial charge in [-0.05, 0) is 50.0 Å². The lowest BCUT2D eigenvalue weighted by atomic mass is 9.94. The maximum Gasteiger partial charge on any atom is 0.306 e. The summed E-state index contributed by atoms with van der Waals surface area (Å²) in [6, 6.07) is 15.3. The Balaban J connectivity index is 1.86.